The number of nitrogens with zero attached hydrogens (tertiary/aromatic N) is 1. The highest BCUT2D eigenvalue weighted by Gasteiger charge is 2.21. The Morgan fingerprint density at radius 2 is 2.25 bits per heavy atom. The third-order valence-corrected chi connectivity index (χ3v) is 2.02. The molecular formula is C8H13N3O5. The van der Waals surface area contributed by atoms with Crippen molar-refractivity contribution in [3.05, 3.63) is 17.7 Å². The number of rotatable bonds is 5. The van der Waals surface area contributed by atoms with Gasteiger partial charge < -0.3 is 20.3 Å². The van der Waals surface area contributed by atoms with Gasteiger partial charge in [0.15, 0.2) is 5.82 Å². The van der Waals surface area contributed by atoms with Gasteiger partial charge in [-0.05, 0) is 6.42 Å². The minimum atomic E-state index is -1.28. The van der Waals surface area contributed by atoms with Gasteiger partial charge in [-0.2, -0.15) is 0 Å². The van der Waals surface area contributed by atoms with Crippen molar-refractivity contribution in [2.75, 3.05) is 6.61 Å². The highest BCUT2D eigenvalue weighted by molar-refractivity contribution is 5.89. The molecule has 1 aromatic heterocycles. The molecule has 0 saturated carbocycles. The molecule has 2 atom stereocenters. The van der Waals surface area contributed by atoms with Crippen LogP contribution >= 0.6 is 0 Å². The zero-order valence-corrected chi connectivity index (χ0v) is 8.29. The van der Waals surface area contributed by atoms with E-state index in [0.29, 0.717) is 0 Å². The number of hydrogen-bond donors (Lipinski definition) is 6. The van der Waals surface area contributed by atoms with E-state index >= 15 is 0 Å². The first kappa shape index (κ1) is 12.6. The number of nitrogens with one attached hydrogen (secondary N) is 2. The van der Waals surface area contributed by atoms with Gasteiger partial charge in [0, 0.05) is 6.61 Å². The predicted molar refractivity (Wildman–Crippen MR) is 50.5 cm³/mol. The molecule has 0 spiro atoms. The lowest BCUT2D eigenvalue weighted by atomic mass is 10.1. The van der Waals surface area contributed by atoms with Crippen LogP contribution < -0.4 is 5.48 Å². The maximum atomic E-state index is 10.9. The van der Waals surface area contributed by atoms with Crippen molar-refractivity contribution in [3.8, 4) is 0 Å². The third kappa shape index (κ3) is 2.76. The molecule has 90 valence electrons. The van der Waals surface area contributed by atoms with Crippen LogP contribution in [0.15, 0.2) is 6.20 Å². The quantitative estimate of drug-likeness (QED) is 0.264. The molecule has 0 aromatic carbocycles. The maximum Gasteiger partial charge on any atom is 0.310 e. The Balaban J connectivity index is 2.73. The van der Waals surface area contributed by atoms with Crippen LogP contribution in [-0.2, 0) is 0 Å². The second-order valence-electron chi connectivity index (χ2n) is 3.15. The maximum absolute atomic E-state index is 10.9. The second kappa shape index (κ2) is 5.56. The van der Waals surface area contributed by atoms with Crippen LogP contribution in [-0.4, -0.2) is 49.1 Å². The molecule has 6 N–H and O–H groups in total. The molecule has 0 aliphatic heterocycles. The van der Waals surface area contributed by atoms with E-state index in [-0.39, 0.29) is 24.5 Å². The van der Waals surface area contributed by atoms with Gasteiger partial charge in [0.2, 0.25) is 0 Å². The van der Waals surface area contributed by atoms with Gasteiger partial charge in [-0.1, -0.05) is 0 Å². The third-order valence-electron chi connectivity index (χ3n) is 2.02. The monoisotopic (exact) mass is 231 g/mol. The van der Waals surface area contributed by atoms with Gasteiger partial charge in [0.05, 0.1) is 18.0 Å². The van der Waals surface area contributed by atoms with Gasteiger partial charge in [-0.3, -0.25) is 10.0 Å². The molecule has 1 rings (SSSR count). The lowest BCUT2D eigenvalue weighted by Crippen LogP contribution is -2.21. The van der Waals surface area contributed by atoms with Gasteiger partial charge in [-0.15, -0.1) is 0 Å². The number of carbonyl (C=O) groups excluding carboxylic acids is 1. The molecule has 8 heteroatoms. The number of aromatic nitrogens is 2. The predicted octanol–water partition coefficient (Wildman–Crippen LogP) is -1.69. The van der Waals surface area contributed by atoms with Crippen molar-refractivity contribution >= 4 is 5.91 Å². The Morgan fingerprint density at radius 1 is 1.56 bits per heavy atom. The van der Waals surface area contributed by atoms with Gasteiger partial charge in [-0.25, -0.2) is 10.5 Å². The number of hydrogen-bond acceptors (Lipinski definition) is 6. The number of aromatic amines is 1. The van der Waals surface area contributed by atoms with E-state index < -0.39 is 18.1 Å². The molecule has 1 heterocycles. The first-order valence-electron chi connectivity index (χ1n) is 4.56. The van der Waals surface area contributed by atoms with Crippen LogP contribution in [0, 0.1) is 0 Å². The van der Waals surface area contributed by atoms with Crippen molar-refractivity contribution in [3.63, 3.8) is 0 Å². The number of hydroxylamine groups is 1. The Kier molecular flexibility index (Phi) is 4.38. The summed E-state index contributed by atoms with van der Waals surface area (Å²) in [7, 11) is 0. The van der Waals surface area contributed by atoms with Crippen molar-refractivity contribution in [1.29, 1.82) is 0 Å². The fourth-order valence-electron chi connectivity index (χ4n) is 1.15. The highest BCUT2D eigenvalue weighted by Crippen LogP contribution is 2.16. The molecule has 0 saturated heterocycles. The number of aliphatic hydroxyl groups is 3. The molecule has 8 nitrogen and oxygen atoms in total. The SMILES string of the molecule is O=C(NO)c1ncc(C(O)C(O)CCO)[nH]1. The molecule has 0 fully saturated rings. The Hall–Kier alpha value is -1.48. The largest absolute Gasteiger partial charge is 0.396 e. The van der Waals surface area contributed by atoms with Gasteiger partial charge >= 0.3 is 5.91 Å². The van der Waals surface area contributed by atoms with Gasteiger partial charge in [0.1, 0.15) is 6.10 Å². The summed E-state index contributed by atoms with van der Waals surface area (Å²) in [6.07, 6.45) is -1.27. The van der Waals surface area contributed by atoms with Crippen LogP contribution in [0.5, 0.6) is 0 Å². The number of aliphatic hydroxyl groups excluding tert-OH is 3. The van der Waals surface area contributed by atoms with E-state index in [0.717, 1.165) is 6.20 Å². The Labute approximate surface area is 90.5 Å². The molecule has 0 bridgehead atoms. The number of carbonyl (C=O) groups is 1. The lowest BCUT2D eigenvalue weighted by Gasteiger charge is -2.14. The Morgan fingerprint density at radius 3 is 2.81 bits per heavy atom. The summed E-state index contributed by atoms with van der Waals surface area (Å²) in [6, 6.07) is 0. The fraction of sp³-hybridized carbons (Fsp3) is 0.500. The topological polar surface area (TPSA) is 139 Å². The van der Waals surface area contributed by atoms with Crippen LogP contribution in [0.25, 0.3) is 0 Å². The van der Waals surface area contributed by atoms with Gasteiger partial charge in [0.25, 0.3) is 0 Å². The van der Waals surface area contributed by atoms with E-state index in [9.17, 15) is 15.0 Å². The minimum absolute atomic E-state index is 0.00170. The van der Waals surface area contributed by atoms with Crippen molar-refractivity contribution in [1.82, 2.24) is 15.4 Å². The normalized spacial score (nSPS) is 14.5. The molecule has 16 heavy (non-hydrogen) atoms. The molecule has 1 aromatic rings. The molecule has 0 aliphatic rings. The van der Waals surface area contributed by atoms with E-state index in [2.05, 4.69) is 9.97 Å². The minimum Gasteiger partial charge on any atom is -0.396 e. The van der Waals surface area contributed by atoms with E-state index in [1.54, 1.807) is 0 Å². The highest BCUT2D eigenvalue weighted by atomic mass is 16.5. The first-order chi connectivity index (χ1) is 7.60. The average Bonchev–Trinajstić information content (AvgIpc) is 2.76. The number of H-pyrrole nitrogens is 1. The van der Waals surface area contributed by atoms with E-state index in [1.807, 2.05) is 0 Å². The zero-order valence-electron chi connectivity index (χ0n) is 8.29. The summed E-state index contributed by atoms with van der Waals surface area (Å²) in [5, 5.41) is 35.8. The summed E-state index contributed by atoms with van der Waals surface area (Å²) < 4.78 is 0. The number of imidazole rings is 1. The zero-order chi connectivity index (χ0) is 12.1. The Bertz CT molecular complexity index is 353. The smallest absolute Gasteiger partial charge is 0.310 e. The van der Waals surface area contributed by atoms with E-state index in [1.165, 1.54) is 5.48 Å². The summed E-state index contributed by atoms with van der Waals surface area (Å²) in [5.74, 6) is -1.04. The fourth-order valence-corrected chi connectivity index (χ4v) is 1.15. The van der Waals surface area contributed by atoms with Crippen molar-refractivity contribution < 1.29 is 25.3 Å². The van der Waals surface area contributed by atoms with E-state index in [4.69, 9.17) is 10.3 Å². The van der Waals surface area contributed by atoms with Crippen LogP contribution in [0.1, 0.15) is 28.8 Å². The average molecular weight is 231 g/mol. The summed E-state index contributed by atoms with van der Waals surface area (Å²) in [6.45, 7) is -0.268. The number of amides is 1. The summed E-state index contributed by atoms with van der Waals surface area (Å²) in [4.78, 5) is 16.9. The van der Waals surface area contributed by atoms with Crippen molar-refractivity contribution in [2.24, 2.45) is 0 Å². The molecule has 1 amide bonds. The molecule has 2 unspecified atom stereocenters. The van der Waals surface area contributed by atoms with Crippen LogP contribution in [0.2, 0.25) is 0 Å². The summed E-state index contributed by atoms with van der Waals surface area (Å²) >= 11 is 0. The lowest BCUT2D eigenvalue weighted by molar-refractivity contribution is 0.00205. The van der Waals surface area contributed by atoms with Crippen molar-refractivity contribution in [2.45, 2.75) is 18.6 Å². The second-order valence-corrected chi connectivity index (χ2v) is 3.15. The molecule has 0 aliphatic carbocycles. The first-order valence-corrected chi connectivity index (χ1v) is 4.56. The standard InChI is InChI=1S/C8H13N3O5/c12-2-1-5(13)6(14)4-3-9-7(10-4)8(15)11-16/h3,5-6,12-14,16H,1-2H2,(H,9,10)(H,11,15). The van der Waals surface area contributed by atoms with Crippen LogP contribution in [0.4, 0.5) is 0 Å². The molecular weight excluding hydrogens is 218 g/mol. The van der Waals surface area contributed by atoms with Crippen LogP contribution in [0.3, 0.4) is 0 Å². The molecule has 0 radical (unpaired) electrons. The summed E-state index contributed by atoms with van der Waals surface area (Å²) in [5.41, 5.74) is 1.50.